The number of rotatable bonds is 7. The van der Waals surface area contributed by atoms with Crippen LogP contribution in [0.25, 0.3) is 10.9 Å². The van der Waals surface area contributed by atoms with Crippen molar-refractivity contribution in [3.8, 4) is 5.75 Å². The molecular formula is C16H21NO. The fourth-order valence-corrected chi connectivity index (χ4v) is 2.03. The maximum absolute atomic E-state index is 5.73. The highest BCUT2D eigenvalue weighted by Crippen LogP contribution is 2.18. The quantitative estimate of drug-likeness (QED) is 0.664. The topological polar surface area (TPSA) is 22.1 Å². The van der Waals surface area contributed by atoms with Gasteiger partial charge >= 0.3 is 0 Å². The lowest BCUT2D eigenvalue weighted by molar-refractivity contribution is 0.304. The van der Waals surface area contributed by atoms with Gasteiger partial charge in [-0.3, -0.25) is 4.98 Å². The lowest BCUT2D eigenvalue weighted by atomic mass is 10.2. The van der Waals surface area contributed by atoms with E-state index in [0.29, 0.717) is 0 Å². The molecule has 0 saturated carbocycles. The third-order valence-corrected chi connectivity index (χ3v) is 3.08. The number of benzene rings is 1. The Morgan fingerprint density at radius 1 is 1.06 bits per heavy atom. The molecule has 0 amide bonds. The van der Waals surface area contributed by atoms with Crippen LogP contribution in [0.4, 0.5) is 0 Å². The predicted octanol–water partition coefficient (Wildman–Crippen LogP) is 4.58. The van der Waals surface area contributed by atoms with Crippen molar-refractivity contribution in [1.82, 2.24) is 4.98 Å². The number of hydrogen-bond acceptors (Lipinski definition) is 2. The molecular weight excluding hydrogens is 222 g/mol. The molecule has 18 heavy (non-hydrogen) atoms. The molecule has 0 atom stereocenters. The summed E-state index contributed by atoms with van der Waals surface area (Å²) in [6.07, 6.45) is 8.14. The van der Waals surface area contributed by atoms with Gasteiger partial charge in [-0.1, -0.05) is 50.8 Å². The molecule has 1 aromatic heterocycles. The van der Waals surface area contributed by atoms with Gasteiger partial charge in [-0.2, -0.15) is 0 Å². The first-order valence-electron chi connectivity index (χ1n) is 6.88. The zero-order valence-electron chi connectivity index (χ0n) is 11.1. The maximum Gasteiger partial charge on any atom is 0.138 e. The molecule has 96 valence electrons. The highest BCUT2D eigenvalue weighted by Gasteiger charge is 1.98. The number of pyridine rings is 1. The zero-order valence-corrected chi connectivity index (χ0v) is 11.1. The van der Waals surface area contributed by atoms with Crippen LogP contribution in [-0.4, -0.2) is 11.6 Å². The van der Waals surface area contributed by atoms with Crippen LogP contribution >= 0.6 is 0 Å². The Kier molecular flexibility index (Phi) is 5.00. The van der Waals surface area contributed by atoms with Crippen LogP contribution in [0.2, 0.25) is 0 Å². The van der Waals surface area contributed by atoms with Crippen LogP contribution in [0.1, 0.15) is 39.0 Å². The first-order valence-corrected chi connectivity index (χ1v) is 6.88. The first kappa shape index (κ1) is 12.9. The minimum Gasteiger partial charge on any atom is -0.492 e. The highest BCUT2D eigenvalue weighted by atomic mass is 16.5. The van der Waals surface area contributed by atoms with Crippen molar-refractivity contribution in [3.63, 3.8) is 0 Å². The summed E-state index contributed by atoms with van der Waals surface area (Å²) >= 11 is 0. The van der Waals surface area contributed by atoms with E-state index < -0.39 is 0 Å². The molecule has 0 saturated heterocycles. The summed E-state index contributed by atoms with van der Waals surface area (Å²) in [5.74, 6) is 0.879. The summed E-state index contributed by atoms with van der Waals surface area (Å²) in [5.41, 5.74) is 1.02. The van der Waals surface area contributed by atoms with Gasteiger partial charge in [0, 0.05) is 5.39 Å². The van der Waals surface area contributed by atoms with E-state index in [-0.39, 0.29) is 0 Å². The van der Waals surface area contributed by atoms with Gasteiger partial charge in [0.25, 0.3) is 0 Å². The predicted molar refractivity (Wildman–Crippen MR) is 76.0 cm³/mol. The lowest BCUT2D eigenvalue weighted by Crippen LogP contribution is -1.97. The van der Waals surface area contributed by atoms with Gasteiger partial charge in [0.1, 0.15) is 5.75 Å². The molecule has 2 aromatic rings. The SMILES string of the molecule is CCCCCCCOc1cnc2ccccc2c1. The third-order valence-electron chi connectivity index (χ3n) is 3.08. The summed E-state index contributed by atoms with van der Waals surface area (Å²) in [6, 6.07) is 10.2. The molecule has 0 unspecified atom stereocenters. The van der Waals surface area contributed by atoms with E-state index in [2.05, 4.69) is 24.0 Å². The van der Waals surface area contributed by atoms with Crippen molar-refractivity contribution >= 4 is 10.9 Å². The first-order chi connectivity index (χ1) is 8.90. The van der Waals surface area contributed by atoms with E-state index in [9.17, 15) is 0 Å². The van der Waals surface area contributed by atoms with Crippen LogP contribution in [0.3, 0.4) is 0 Å². The van der Waals surface area contributed by atoms with Crippen molar-refractivity contribution in [2.24, 2.45) is 0 Å². The normalized spacial score (nSPS) is 10.7. The molecule has 2 nitrogen and oxygen atoms in total. The standard InChI is InChI=1S/C16H21NO/c1-2-3-4-5-8-11-18-15-12-14-9-6-7-10-16(14)17-13-15/h6-7,9-10,12-13H,2-5,8,11H2,1H3. The summed E-state index contributed by atoms with van der Waals surface area (Å²) in [7, 11) is 0. The number of unbranched alkanes of at least 4 members (excludes halogenated alkanes) is 4. The van der Waals surface area contributed by atoms with Gasteiger partial charge in [0.15, 0.2) is 0 Å². The van der Waals surface area contributed by atoms with E-state index >= 15 is 0 Å². The van der Waals surface area contributed by atoms with Crippen LogP contribution in [0.5, 0.6) is 5.75 Å². The average molecular weight is 243 g/mol. The summed E-state index contributed by atoms with van der Waals surface area (Å²) in [5, 5.41) is 1.14. The maximum atomic E-state index is 5.73. The average Bonchev–Trinajstić information content (AvgIpc) is 2.42. The molecule has 0 radical (unpaired) electrons. The van der Waals surface area contributed by atoms with E-state index in [1.54, 1.807) is 0 Å². The Hall–Kier alpha value is -1.57. The number of nitrogens with zero attached hydrogens (tertiary/aromatic N) is 1. The van der Waals surface area contributed by atoms with E-state index in [0.717, 1.165) is 29.7 Å². The fraction of sp³-hybridized carbons (Fsp3) is 0.438. The van der Waals surface area contributed by atoms with Gasteiger partial charge in [-0.15, -0.1) is 0 Å². The molecule has 0 aliphatic rings. The molecule has 0 aliphatic carbocycles. The van der Waals surface area contributed by atoms with Gasteiger partial charge in [0.2, 0.25) is 0 Å². The Balaban J connectivity index is 1.81. The minimum absolute atomic E-state index is 0.795. The molecule has 0 fully saturated rings. The summed E-state index contributed by atoms with van der Waals surface area (Å²) < 4.78 is 5.73. The van der Waals surface area contributed by atoms with Crippen LogP contribution in [0.15, 0.2) is 36.5 Å². The molecule has 0 N–H and O–H groups in total. The van der Waals surface area contributed by atoms with Crippen molar-refractivity contribution in [2.45, 2.75) is 39.0 Å². The van der Waals surface area contributed by atoms with E-state index in [1.807, 2.05) is 24.4 Å². The van der Waals surface area contributed by atoms with Gasteiger partial charge < -0.3 is 4.74 Å². The second kappa shape index (κ2) is 7.00. The third kappa shape index (κ3) is 3.73. The van der Waals surface area contributed by atoms with Crippen LogP contribution < -0.4 is 4.74 Å². The molecule has 2 heteroatoms. The Morgan fingerprint density at radius 3 is 2.78 bits per heavy atom. The lowest BCUT2D eigenvalue weighted by Gasteiger charge is -2.06. The number of fused-ring (bicyclic) bond motifs is 1. The number of ether oxygens (including phenoxy) is 1. The van der Waals surface area contributed by atoms with Gasteiger partial charge in [-0.05, 0) is 18.6 Å². The molecule has 2 rings (SSSR count). The fourth-order valence-electron chi connectivity index (χ4n) is 2.03. The minimum atomic E-state index is 0.795. The number of aromatic nitrogens is 1. The Bertz CT molecular complexity index is 481. The number of para-hydroxylation sites is 1. The van der Waals surface area contributed by atoms with E-state index in [1.165, 1.54) is 25.7 Å². The van der Waals surface area contributed by atoms with Crippen LogP contribution in [0, 0.1) is 0 Å². The highest BCUT2D eigenvalue weighted by molar-refractivity contribution is 5.79. The molecule has 1 aromatic carbocycles. The van der Waals surface area contributed by atoms with Crippen molar-refractivity contribution in [2.75, 3.05) is 6.61 Å². The zero-order chi connectivity index (χ0) is 12.6. The Labute approximate surface area is 109 Å². The summed E-state index contributed by atoms with van der Waals surface area (Å²) in [4.78, 5) is 4.38. The van der Waals surface area contributed by atoms with Crippen LogP contribution in [-0.2, 0) is 0 Å². The largest absolute Gasteiger partial charge is 0.492 e. The second-order valence-electron chi connectivity index (χ2n) is 4.63. The van der Waals surface area contributed by atoms with Crippen molar-refractivity contribution < 1.29 is 4.74 Å². The van der Waals surface area contributed by atoms with Crippen molar-refractivity contribution in [3.05, 3.63) is 36.5 Å². The number of hydrogen-bond donors (Lipinski definition) is 0. The molecule has 0 spiro atoms. The smallest absolute Gasteiger partial charge is 0.138 e. The van der Waals surface area contributed by atoms with Crippen molar-refractivity contribution in [1.29, 1.82) is 0 Å². The Morgan fingerprint density at radius 2 is 1.89 bits per heavy atom. The second-order valence-corrected chi connectivity index (χ2v) is 4.63. The monoisotopic (exact) mass is 243 g/mol. The van der Waals surface area contributed by atoms with Gasteiger partial charge in [0.05, 0.1) is 18.3 Å². The molecule has 0 aliphatic heterocycles. The van der Waals surface area contributed by atoms with Gasteiger partial charge in [-0.25, -0.2) is 0 Å². The molecule has 1 heterocycles. The van der Waals surface area contributed by atoms with E-state index in [4.69, 9.17) is 4.74 Å². The summed E-state index contributed by atoms with van der Waals surface area (Å²) in [6.45, 7) is 3.03. The molecule has 0 bridgehead atoms.